The molecule has 84 valence electrons. The van der Waals surface area contributed by atoms with E-state index in [2.05, 4.69) is 39.5 Å². The molecule has 1 aliphatic carbocycles. The fourth-order valence-electron chi connectivity index (χ4n) is 2.19. The molecule has 0 aromatic rings. The summed E-state index contributed by atoms with van der Waals surface area (Å²) in [7, 11) is 0. The van der Waals surface area contributed by atoms with E-state index >= 15 is 0 Å². The molecule has 0 aromatic heterocycles. The molecular formula is C13H27N. The average molecular weight is 197 g/mol. The van der Waals surface area contributed by atoms with Gasteiger partial charge < -0.3 is 0 Å². The summed E-state index contributed by atoms with van der Waals surface area (Å²) in [5, 5.41) is 0. The largest absolute Gasteiger partial charge is 0.298 e. The van der Waals surface area contributed by atoms with Gasteiger partial charge in [0.2, 0.25) is 0 Å². The first-order valence-corrected chi connectivity index (χ1v) is 6.28. The fraction of sp³-hybridized carbons (Fsp3) is 1.00. The molecule has 0 aromatic carbocycles. The van der Waals surface area contributed by atoms with Crippen molar-refractivity contribution < 1.29 is 0 Å². The van der Waals surface area contributed by atoms with Gasteiger partial charge >= 0.3 is 0 Å². The molecule has 0 radical (unpaired) electrons. The Balaban J connectivity index is 2.37. The van der Waals surface area contributed by atoms with Crippen molar-refractivity contribution in [2.75, 3.05) is 6.54 Å². The molecule has 0 amide bonds. The van der Waals surface area contributed by atoms with Crippen molar-refractivity contribution in [3.8, 4) is 0 Å². The van der Waals surface area contributed by atoms with E-state index in [4.69, 9.17) is 0 Å². The molecule has 1 saturated carbocycles. The molecule has 1 fully saturated rings. The molecule has 0 aliphatic heterocycles. The Morgan fingerprint density at radius 1 is 1.07 bits per heavy atom. The Hall–Kier alpha value is -0.0400. The normalized spacial score (nSPS) is 19.7. The number of rotatable bonds is 6. The first kappa shape index (κ1) is 12.0. The molecule has 0 bridgehead atoms. The maximum Gasteiger partial charge on any atom is 0.00978 e. The van der Waals surface area contributed by atoms with Crippen LogP contribution in [0.4, 0.5) is 0 Å². The Morgan fingerprint density at radius 3 is 2.00 bits per heavy atom. The smallest absolute Gasteiger partial charge is 0.00978 e. The lowest BCUT2D eigenvalue weighted by Gasteiger charge is -2.33. The van der Waals surface area contributed by atoms with Crippen LogP contribution in [0.1, 0.15) is 53.9 Å². The lowest BCUT2D eigenvalue weighted by molar-refractivity contribution is 0.140. The summed E-state index contributed by atoms with van der Waals surface area (Å²) in [6.07, 6.45) is 4.27. The van der Waals surface area contributed by atoms with E-state index < -0.39 is 0 Å². The van der Waals surface area contributed by atoms with Crippen LogP contribution in [0.3, 0.4) is 0 Å². The third-order valence-electron chi connectivity index (χ3n) is 3.46. The predicted molar refractivity (Wildman–Crippen MR) is 63.5 cm³/mol. The molecule has 0 spiro atoms. The van der Waals surface area contributed by atoms with Gasteiger partial charge in [-0.3, -0.25) is 4.90 Å². The lowest BCUT2D eigenvalue weighted by Crippen LogP contribution is -2.41. The van der Waals surface area contributed by atoms with Crippen molar-refractivity contribution in [1.29, 1.82) is 0 Å². The van der Waals surface area contributed by atoms with Crippen molar-refractivity contribution in [2.24, 2.45) is 11.8 Å². The van der Waals surface area contributed by atoms with Crippen molar-refractivity contribution in [2.45, 2.75) is 66.0 Å². The van der Waals surface area contributed by atoms with Gasteiger partial charge in [0, 0.05) is 12.1 Å². The first-order chi connectivity index (χ1) is 6.52. The van der Waals surface area contributed by atoms with Crippen LogP contribution in [-0.4, -0.2) is 23.5 Å². The van der Waals surface area contributed by atoms with Crippen LogP contribution < -0.4 is 0 Å². The quantitative estimate of drug-likeness (QED) is 0.629. The van der Waals surface area contributed by atoms with Crippen LogP contribution in [0.5, 0.6) is 0 Å². The highest BCUT2D eigenvalue weighted by Crippen LogP contribution is 2.35. The Labute approximate surface area is 89.9 Å². The second-order valence-electron chi connectivity index (χ2n) is 5.59. The molecule has 1 unspecified atom stereocenters. The zero-order chi connectivity index (χ0) is 10.7. The molecule has 1 rings (SSSR count). The predicted octanol–water partition coefficient (Wildman–Crippen LogP) is 3.54. The van der Waals surface area contributed by atoms with Crippen LogP contribution in [-0.2, 0) is 0 Å². The summed E-state index contributed by atoms with van der Waals surface area (Å²) < 4.78 is 0. The molecular weight excluding hydrogens is 170 g/mol. The van der Waals surface area contributed by atoms with Crippen molar-refractivity contribution in [1.82, 2.24) is 4.90 Å². The number of nitrogens with zero attached hydrogens (tertiary/aromatic N) is 1. The van der Waals surface area contributed by atoms with Crippen molar-refractivity contribution in [3.63, 3.8) is 0 Å². The minimum absolute atomic E-state index is 0.712. The minimum Gasteiger partial charge on any atom is -0.298 e. The summed E-state index contributed by atoms with van der Waals surface area (Å²) >= 11 is 0. The molecule has 14 heavy (non-hydrogen) atoms. The third kappa shape index (κ3) is 3.61. The SMILES string of the molecule is CC(C)CCN(C(C)C)C(C)C1CC1. The molecule has 0 saturated heterocycles. The highest BCUT2D eigenvalue weighted by atomic mass is 15.2. The topological polar surface area (TPSA) is 3.24 Å². The Morgan fingerprint density at radius 2 is 1.64 bits per heavy atom. The highest BCUT2D eigenvalue weighted by Gasteiger charge is 2.32. The van der Waals surface area contributed by atoms with Crippen LogP contribution >= 0.6 is 0 Å². The lowest BCUT2D eigenvalue weighted by atomic mass is 10.1. The summed E-state index contributed by atoms with van der Waals surface area (Å²) in [5.41, 5.74) is 0. The summed E-state index contributed by atoms with van der Waals surface area (Å²) in [6, 6.07) is 1.53. The van der Waals surface area contributed by atoms with E-state index in [1.165, 1.54) is 25.8 Å². The van der Waals surface area contributed by atoms with E-state index in [9.17, 15) is 0 Å². The third-order valence-corrected chi connectivity index (χ3v) is 3.46. The van der Waals surface area contributed by atoms with E-state index in [0.29, 0.717) is 6.04 Å². The molecule has 1 heteroatoms. The van der Waals surface area contributed by atoms with Gasteiger partial charge in [-0.05, 0) is 58.4 Å². The zero-order valence-corrected chi connectivity index (χ0v) is 10.6. The highest BCUT2D eigenvalue weighted by molar-refractivity contribution is 4.86. The standard InChI is InChI=1S/C13H27N/c1-10(2)8-9-14(11(3)4)12(5)13-6-7-13/h10-13H,6-9H2,1-5H3. The van der Waals surface area contributed by atoms with Gasteiger partial charge in [-0.15, -0.1) is 0 Å². The van der Waals surface area contributed by atoms with Crippen LogP contribution in [0, 0.1) is 11.8 Å². The second kappa shape index (κ2) is 5.16. The van der Waals surface area contributed by atoms with Gasteiger partial charge in [0.25, 0.3) is 0 Å². The van der Waals surface area contributed by atoms with E-state index in [-0.39, 0.29) is 0 Å². The molecule has 1 nitrogen and oxygen atoms in total. The Kier molecular flexibility index (Phi) is 4.43. The van der Waals surface area contributed by atoms with Crippen LogP contribution in [0.15, 0.2) is 0 Å². The van der Waals surface area contributed by atoms with Gasteiger partial charge in [0.1, 0.15) is 0 Å². The van der Waals surface area contributed by atoms with Gasteiger partial charge in [0.05, 0.1) is 0 Å². The van der Waals surface area contributed by atoms with E-state index in [1.54, 1.807) is 0 Å². The first-order valence-electron chi connectivity index (χ1n) is 6.28. The second-order valence-corrected chi connectivity index (χ2v) is 5.59. The van der Waals surface area contributed by atoms with Crippen molar-refractivity contribution in [3.05, 3.63) is 0 Å². The summed E-state index contributed by atoms with van der Waals surface area (Å²) in [5.74, 6) is 1.84. The van der Waals surface area contributed by atoms with E-state index in [1.807, 2.05) is 0 Å². The Bertz CT molecular complexity index is 159. The minimum atomic E-state index is 0.712. The molecule has 0 heterocycles. The van der Waals surface area contributed by atoms with Crippen LogP contribution in [0.25, 0.3) is 0 Å². The molecule has 1 atom stereocenters. The average Bonchev–Trinajstić information content (AvgIpc) is 2.84. The fourth-order valence-corrected chi connectivity index (χ4v) is 2.19. The molecule has 1 aliphatic rings. The van der Waals surface area contributed by atoms with Crippen molar-refractivity contribution >= 4 is 0 Å². The van der Waals surface area contributed by atoms with Gasteiger partial charge in [-0.25, -0.2) is 0 Å². The molecule has 0 N–H and O–H groups in total. The van der Waals surface area contributed by atoms with Gasteiger partial charge in [-0.1, -0.05) is 13.8 Å². The maximum absolute atomic E-state index is 2.69. The zero-order valence-electron chi connectivity index (χ0n) is 10.6. The maximum atomic E-state index is 2.69. The number of hydrogen-bond donors (Lipinski definition) is 0. The monoisotopic (exact) mass is 197 g/mol. The summed E-state index contributed by atoms with van der Waals surface area (Å²) in [6.45, 7) is 13.0. The van der Waals surface area contributed by atoms with Gasteiger partial charge in [-0.2, -0.15) is 0 Å². The van der Waals surface area contributed by atoms with Crippen LogP contribution in [0.2, 0.25) is 0 Å². The number of hydrogen-bond acceptors (Lipinski definition) is 1. The summed E-state index contributed by atoms with van der Waals surface area (Å²) in [4.78, 5) is 2.69. The van der Waals surface area contributed by atoms with Gasteiger partial charge in [0.15, 0.2) is 0 Å². The van der Waals surface area contributed by atoms with E-state index in [0.717, 1.165) is 17.9 Å².